The van der Waals surface area contributed by atoms with Gasteiger partial charge >= 0.3 is 0 Å². The number of hydrogen-bond acceptors (Lipinski definition) is 6. The van der Waals surface area contributed by atoms with Crippen molar-refractivity contribution in [2.45, 2.75) is 36.6 Å². The number of nitrogens with one attached hydrogen (secondary N) is 1. The van der Waals surface area contributed by atoms with Crippen LogP contribution in [0, 0.1) is 0 Å². The molecule has 3 N–H and O–H groups in total. The molecule has 6 nitrogen and oxygen atoms in total. The van der Waals surface area contributed by atoms with E-state index in [0.717, 1.165) is 43.5 Å². The fourth-order valence-corrected chi connectivity index (χ4v) is 3.79. The Hall–Kier alpha value is -1.12. The molecule has 1 atom stereocenters. The first-order valence-electron chi connectivity index (χ1n) is 8.37. The minimum absolute atomic E-state index is 0. The average Bonchev–Trinajstić information content (AvgIpc) is 3.04. The lowest BCUT2D eigenvalue weighted by atomic mass is 9.97. The van der Waals surface area contributed by atoms with Crippen LogP contribution in [0.4, 0.5) is 0 Å². The number of halogens is 1. The van der Waals surface area contributed by atoms with Crippen LogP contribution < -0.4 is 5.32 Å². The summed E-state index contributed by atoms with van der Waals surface area (Å²) in [5.74, 6) is 1.86. The second kappa shape index (κ2) is 10.1. The van der Waals surface area contributed by atoms with Crippen molar-refractivity contribution >= 4 is 24.2 Å². The molecule has 138 valence electrons. The number of aromatic nitrogens is 3. The van der Waals surface area contributed by atoms with E-state index in [1.807, 2.05) is 18.2 Å². The van der Waals surface area contributed by atoms with Crippen LogP contribution in [0.1, 0.15) is 30.1 Å². The highest BCUT2D eigenvalue weighted by atomic mass is 35.5. The summed E-state index contributed by atoms with van der Waals surface area (Å²) in [6, 6.07) is 10.3. The smallest absolute Gasteiger partial charge is 0.191 e. The molecule has 1 saturated heterocycles. The van der Waals surface area contributed by atoms with Crippen LogP contribution in [-0.2, 0) is 6.54 Å². The van der Waals surface area contributed by atoms with Gasteiger partial charge in [0, 0.05) is 11.7 Å². The Morgan fingerprint density at radius 2 is 1.92 bits per heavy atom. The van der Waals surface area contributed by atoms with E-state index >= 15 is 0 Å². The zero-order chi connectivity index (χ0) is 16.8. The van der Waals surface area contributed by atoms with E-state index in [0.29, 0.717) is 11.7 Å². The Balaban J connectivity index is 0.00000225. The van der Waals surface area contributed by atoms with E-state index in [1.165, 1.54) is 17.3 Å². The van der Waals surface area contributed by atoms with Crippen molar-refractivity contribution in [2.75, 3.05) is 25.4 Å². The van der Waals surface area contributed by atoms with E-state index in [4.69, 9.17) is 5.11 Å². The summed E-state index contributed by atoms with van der Waals surface area (Å²) in [5, 5.41) is 31.6. The van der Waals surface area contributed by atoms with Crippen LogP contribution in [0.3, 0.4) is 0 Å². The third-order valence-corrected chi connectivity index (χ3v) is 5.36. The molecule has 0 unspecified atom stereocenters. The Bertz CT molecular complexity index is 635. The van der Waals surface area contributed by atoms with Crippen LogP contribution in [-0.4, -0.2) is 56.5 Å². The largest absolute Gasteiger partial charge is 0.394 e. The van der Waals surface area contributed by atoms with E-state index < -0.39 is 6.10 Å². The first-order chi connectivity index (χ1) is 11.8. The minimum Gasteiger partial charge on any atom is -0.394 e. The second-order valence-corrected chi connectivity index (χ2v) is 7.07. The standard InChI is InChI=1S/C17H24N4O2S.ClH/c22-11-15(23)12-24-17-20-19-16(14-6-8-18-9-7-14)21(17)10-13-4-2-1-3-5-13;/h1-5,14-15,18,22-23H,6-12H2;1H/t15-;/m0./s1. The average molecular weight is 385 g/mol. The number of aliphatic hydroxyl groups excluding tert-OH is 2. The topological polar surface area (TPSA) is 83.2 Å². The van der Waals surface area contributed by atoms with Crippen LogP contribution >= 0.6 is 24.2 Å². The van der Waals surface area contributed by atoms with E-state index in [9.17, 15) is 5.11 Å². The molecule has 0 amide bonds. The number of hydrogen-bond donors (Lipinski definition) is 3. The van der Waals surface area contributed by atoms with Crippen LogP contribution in [0.2, 0.25) is 0 Å². The summed E-state index contributed by atoms with van der Waals surface area (Å²) in [7, 11) is 0. The highest BCUT2D eigenvalue weighted by Crippen LogP contribution is 2.28. The van der Waals surface area contributed by atoms with Crippen molar-refractivity contribution in [3.05, 3.63) is 41.7 Å². The number of thioether (sulfide) groups is 1. The molecule has 1 aromatic carbocycles. The molecule has 0 spiro atoms. The molecule has 2 heterocycles. The quantitative estimate of drug-likeness (QED) is 0.630. The molecular weight excluding hydrogens is 360 g/mol. The van der Waals surface area contributed by atoms with Crippen LogP contribution in [0.25, 0.3) is 0 Å². The predicted octanol–water partition coefficient (Wildman–Crippen LogP) is 1.66. The Morgan fingerprint density at radius 3 is 2.60 bits per heavy atom. The lowest BCUT2D eigenvalue weighted by Gasteiger charge is -2.23. The molecule has 1 aliphatic heterocycles. The van der Waals surface area contributed by atoms with Crippen molar-refractivity contribution in [3.63, 3.8) is 0 Å². The van der Waals surface area contributed by atoms with Gasteiger partial charge in [-0.3, -0.25) is 0 Å². The van der Waals surface area contributed by atoms with Gasteiger partial charge in [0.15, 0.2) is 5.16 Å². The SMILES string of the molecule is Cl.OC[C@H](O)CSc1nnc(C2CCNCC2)n1Cc1ccccc1. The third-order valence-electron chi connectivity index (χ3n) is 4.25. The van der Waals surface area contributed by atoms with Crippen molar-refractivity contribution in [1.29, 1.82) is 0 Å². The highest BCUT2D eigenvalue weighted by Gasteiger charge is 2.23. The number of piperidine rings is 1. The second-order valence-electron chi connectivity index (χ2n) is 6.08. The fraction of sp³-hybridized carbons (Fsp3) is 0.529. The molecule has 0 radical (unpaired) electrons. The van der Waals surface area contributed by atoms with Gasteiger partial charge in [0.25, 0.3) is 0 Å². The first kappa shape index (κ1) is 20.2. The summed E-state index contributed by atoms with van der Waals surface area (Å²) in [5.41, 5.74) is 1.21. The van der Waals surface area contributed by atoms with Crippen molar-refractivity contribution in [3.8, 4) is 0 Å². The minimum atomic E-state index is -0.737. The molecule has 8 heteroatoms. The summed E-state index contributed by atoms with van der Waals surface area (Å²) in [6.45, 7) is 2.51. The van der Waals surface area contributed by atoms with Gasteiger partial charge in [0.1, 0.15) is 5.82 Å². The maximum absolute atomic E-state index is 9.62. The molecule has 25 heavy (non-hydrogen) atoms. The summed E-state index contributed by atoms with van der Waals surface area (Å²) >= 11 is 1.45. The van der Waals surface area contributed by atoms with Crippen molar-refractivity contribution in [1.82, 2.24) is 20.1 Å². The molecule has 1 aliphatic rings. The van der Waals surface area contributed by atoms with Gasteiger partial charge in [-0.2, -0.15) is 0 Å². The summed E-state index contributed by atoms with van der Waals surface area (Å²) in [6.07, 6.45) is 1.40. The van der Waals surface area contributed by atoms with E-state index in [2.05, 4.69) is 32.2 Å². The molecule has 2 aromatic rings. The normalized spacial score (nSPS) is 16.4. The summed E-state index contributed by atoms with van der Waals surface area (Å²) in [4.78, 5) is 0. The number of rotatable bonds is 7. The van der Waals surface area contributed by atoms with Gasteiger partial charge in [-0.05, 0) is 31.5 Å². The first-order valence-corrected chi connectivity index (χ1v) is 9.36. The Morgan fingerprint density at radius 1 is 1.20 bits per heavy atom. The molecule has 1 aromatic heterocycles. The van der Waals surface area contributed by atoms with Crippen LogP contribution in [0.5, 0.6) is 0 Å². The molecule has 0 saturated carbocycles. The van der Waals surface area contributed by atoms with Crippen LogP contribution in [0.15, 0.2) is 35.5 Å². The molecule has 0 bridgehead atoms. The van der Waals surface area contributed by atoms with Gasteiger partial charge in [-0.1, -0.05) is 42.1 Å². The number of nitrogens with zero attached hydrogens (tertiary/aromatic N) is 3. The van der Waals surface area contributed by atoms with Crippen molar-refractivity contribution < 1.29 is 10.2 Å². The van der Waals surface area contributed by atoms with Crippen molar-refractivity contribution in [2.24, 2.45) is 0 Å². The van der Waals surface area contributed by atoms with Gasteiger partial charge in [0.05, 0.1) is 19.3 Å². The monoisotopic (exact) mass is 384 g/mol. The molecule has 0 aliphatic carbocycles. The van der Waals surface area contributed by atoms with Gasteiger partial charge in [-0.25, -0.2) is 0 Å². The van der Waals surface area contributed by atoms with E-state index in [1.54, 1.807) is 0 Å². The number of benzene rings is 1. The third kappa shape index (κ3) is 5.43. The molecular formula is C17H25ClN4O2S. The highest BCUT2D eigenvalue weighted by molar-refractivity contribution is 7.99. The predicted molar refractivity (Wildman–Crippen MR) is 101 cm³/mol. The maximum Gasteiger partial charge on any atom is 0.191 e. The van der Waals surface area contributed by atoms with Gasteiger partial charge < -0.3 is 20.1 Å². The maximum atomic E-state index is 9.62. The molecule has 1 fully saturated rings. The van der Waals surface area contributed by atoms with E-state index in [-0.39, 0.29) is 19.0 Å². The lowest BCUT2D eigenvalue weighted by Crippen LogP contribution is -2.28. The fourth-order valence-electron chi connectivity index (χ4n) is 2.93. The summed E-state index contributed by atoms with van der Waals surface area (Å²) < 4.78 is 2.17. The Kier molecular flexibility index (Phi) is 8.18. The Labute approximate surface area is 158 Å². The lowest BCUT2D eigenvalue weighted by molar-refractivity contribution is 0.113. The van der Waals surface area contributed by atoms with Gasteiger partial charge in [0.2, 0.25) is 0 Å². The zero-order valence-electron chi connectivity index (χ0n) is 14.0. The van der Waals surface area contributed by atoms with Gasteiger partial charge in [-0.15, -0.1) is 22.6 Å². The number of aliphatic hydroxyl groups is 2. The zero-order valence-corrected chi connectivity index (χ0v) is 15.7. The molecule has 3 rings (SSSR count).